The molecule has 1 nitrogen and oxygen atoms in total. The molecule has 0 saturated heterocycles. The van der Waals surface area contributed by atoms with Crippen molar-refractivity contribution >= 4 is 4.40 Å². The van der Waals surface area contributed by atoms with E-state index in [9.17, 15) is 0 Å². The van der Waals surface area contributed by atoms with Crippen LogP contribution in [0.15, 0.2) is 23.5 Å². The van der Waals surface area contributed by atoms with Gasteiger partial charge in [0.1, 0.15) is 0 Å². The van der Waals surface area contributed by atoms with E-state index in [0.717, 1.165) is 11.8 Å². The molecule has 0 saturated carbocycles. The fraction of sp³-hybridized carbons (Fsp3) is 0.500. The van der Waals surface area contributed by atoms with E-state index < -0.39 is 0 Å². The minimum atomic E-state index is 0.173. The first-order valence-corrected chi connectivity index (χ1v) is 5.59. The van der Waals surface area contributed by atoms with Crippen LogP contribution in [0.3, 0.4) is 0 Å². The Bertz CT molecular complexity index is 218. The summed E-state index contributed by atoms with van der Waals surface area (Å²) < 4.78 is 2.16. The molecule has 0 aromatic rings. The molecule has 0 unspecified atom stereocenters. The van der Waals surface area contributed by atoms with Crippen molar-refractivity contribution in [3.8, 4) is 0 Å². The van der Waals surface area contributed by atoms with Gasteiger partial charge in [-0.15, -0.1) is 0 Å². The van der Waals surface area contributed by atoms with Crippen molar-refractivity contribution in [2.24, 2.45) is 5.41 Å². The van der Waals surface area contributed by atoms with E-state index >= 15 is 0 Å². The molecule has 0 aliphatic rings. The molecule has 0 atom stereocenters. The van der Waals surface area contributed by atoms with E-state index in [1.54, 1.807) is 0 Å². The van der Waals surface area contributed by atoms with Gasteiger partial charge < -0.3 is 0 Å². The van der Waals surface area contributed by atoms with Gasteiger partial charge in [-0.05, 0) is 0 Å². The van der Waals surface area contributed by atoms with Gasteiger partial charge in [0, 0.05) is 0 Å². The Balaban J connectivity index is 4.80. The SMILES string of the molecule is CC(=CO)/C=C(\[CH]=[W])C(C)(C)C. The van der Waals surface area contributed by atoms with E-state index in [4.69, 9.17) is 5.11 Å². The third-order valence-electron chi connectivity index (χ3n) is 1.58. The second-order valence-electron chi connectivity index (χ2n) is 3.84. The fourth-order valence-corrected chi connectivity index (χ4v) is 2.22. The molecule has 2 heteroatoms. The first-order chi connectivity index (χ1) is 5.41. The predicted octanol–water partition coefficient (Wildman–Crippen LogP) is 2.77. The molecule has 1 N–H and O–H groups in total. The third-order valence-corrected chi connectivity index (χ3v) is 2.49. The Morgan fingerprint density at radius 2 is 1.83 bits per heavy atom. The zero-order valence-corrected chi connectivity index (χ0v) is 11.0. The average molecular weight is 336 g/mol. The molecule has 68 valence electrons. The molecule has 12 heavy (non-hydrogen) atoms. The third kappa shape index (κ3) is 4.01. The van der Waals surface area contributed by atoms with Gasteiger partial charge in [-0.3, -0.25) is 0 Å². The average Bonchev–Trinajstić information content (AvgIpc) is 1.97. The molecule has 0 rings (SSSR count). The van der Waals surface area contributed by atoms with Crippen molar-refractivity contribution in [1.82, 2.24) is 0 Å². The van der Waals surface area contributed by atoms with Gasteiger partial charge >= 0.3 is 85.5 Å². The van der Waals surface area contributed by atoms with E-state index in [2.05, 4.69) is 25.2 Å². The summed E-state index contributed by atoms with van der Waals surface area (Å²) in [6, 6.07) is 0. The molecule has 0 aliphatic carbocycles. The second kappa shape index (κ2) is 4.76. The standard InChI is InChI=1S/C10H16O.W/c1-8(7-11)6-9(2)10(3,4)5;/h2,6-7,11H,1,3-5H3;/b8-7?,9-6+;. The molecule has 0 spiro atoms. The maximum absolute atomic E-state index is 8.73. The van der Waals surface area contributed by atoms with E-state index in [1.165, 1.54) is 24.9 Å². The summed E-state index contributed by atoms with van der Waals surface area (Å²) >= 11 is 1.44. The molecule has 0 heterocycles. The summed E-state index contributed by atoms with van der Waals surface area (Å²) in [7, 11) is 0. The summed E-state index contributed by atoms with van der Waals surface area (Å²) in [5, 5.41) is 8.73. The van der Waals surface area contributed by atoms with Crippen LogP contribution in [0.2, 0.25) is 0 Å². The molecule has 0 amide bonds. The van der Waals surface area contributed by atoms with Gasteiger partial charge in [-0.25, -0.2) is 0 Å². The molecule has 0 bridgehead atoms. The van der Waals surface area contributed by atoms with Gasteiger partial charge in [0.15, 0.2) is 0 Å². The Kier molecular flexibility index (Phi) is 4.70. The summed E-state index contributed by atoms with van der Waals surface area (Å²) in [4.78, 5) is 0. The van der Waals surface area contributed by atoms with Crippen LogP contribution in [-0.2, 0) is 19.4 Å². The van der Waals surface area contributed by atoms with Crippen molar-refractivity contribution < 1.29 is 24.5 Å². The molecular weight excluding hydrogens is 320 g/mol. The van der Waals surface area contributed by atoms with Gasteiger partial charge in [0.25, 0.3) is 0 Å². The molecule has 0 aliphatic heterocycles. The van der Waals surface area contributed by atoms with Crippen molar-refractivity contribution in [2.75, 3.05) is 0 Å². The van der Waals surface area contributed by atoms with Crippen LogP contribution in [0.1, 0.15) is 27.7 Å². The zero-order chi connectivity index (χ0) is 9.78. The van der Waals surface area contributed by atoms with Crippen molar-refractivity contribution in [3.05, 3.63) is 23.5 Å². The summed E-state index contributed by atoms with van der Waals surface area (Å²) in [5.74, 6) is 0. The van der Waals surface area contributed by atoms with Crippen LogP contribution in [0, 0.1) is 5.41 Å². The molecule has 0 aromatic heterocycles. The van der Waals surface area contributed by atoms with Crippen LogP contribution in [0.5, 0.6) is 0 Å². The van der Waals surface area contributed by atoms with Crippen molar-refractivity contribution in [2.45, 2.75) is 27.7 Å². The number of allylic oxidation sites excluding steroid dienone is 3. The van der Waals surface area contributed by atoms with E-state index in [-0.39, 0.29) is 5.41 Å². The predicted molar refractivity (Wildman–Crippen MR) is 50.0 cm³/mol. The summed E-state index contributed by atoms with van der Waals surface area (Å²) in [5.41, 5.74) is 2.35. The van der Waals surface area contributed by atoms with Gasteiger partial charge in [-0.2, -0.15) is 0 Å². The number of aliphatic hydroxyl groups excluding tert-OH is 1. The summed E-state index contributed by atoms with van der Waals surface area (Å²) in [6.07, 6.45) is 3.16. The van der Waals surface area contributed by atoms with Crippen LogP contribution >= 0.6 is 0 Å². The molecular formula is C10H16OW. The fourth-order valence-electron chi connectivity index (χ4n) is 0.710. The number of hydrogen-bond acceptors (Lipinski definition) is 1. The summed E-state index contributed by atoms with van der Waals surface area (Å²) in [6.45, 7) is 8.40. The first kappa shape index (κ1) is 11.8. The monoisotopic (exact) mass is 336 g/mol. The van der Waals surface area contributed by atoms with E-state index in [0.29, 0.717) is 0 Å². The van der Waals surface area contributed by atoms with Gasteiger partial charge in [0.05, 0.1) is 0 Å². The van der Waals surface area contributed by atoms with Crippen LogP contribution in [0.25, 0.3) is 0 Å². The molecule has 0 fully saturated rings. The Labute approximate surface area is 85.6 Å². The van der Waals surface area contributed by atoms with Gasteiger partial charge in [-0.1, -0.05) is 0 Å². The first-order valence-electron chi connectivity index (χ1n) is 3.90. The van der Waals surface area contributed by atoms with Gasteiger partial charge in [0.2, 0.25) is 0 Å². The minimum absolute atomic E-state index is 0.173. The van der Waals surface area contributed by atoms with E-state index in [1.807, 2.05) is 13.0 Å². The number of aliphatic hydroxyl groups is 1. The topological polar surface area (TPSA) is 20.2 Å². The van der Waals surface area contributed by atoms with Crippen LogP contribution in [-0.4, -0.2) is 9.51 Å². The molecule has 0 radical (unpaired) electrons. The second-order valence-corrected chi connectivity index (χ2v) is 4.69. The van der Waals surface area contributed by atoms with Crippen molar-refractivity contribution in [3.63, 3.8) is 0 Å². The normalized spacial score (nSPS) is 14.7. The molecule has 0 aromatic carbocycles. The van der Waals surface area contributed by atoms with Crippen LogP contribution < -0.4 is 0 Å². The quantitative estimate of drug-likeness (QED) is 0.607. The number of hydrogen-bond donors (Lipinski definition) is 1. The maximum atomic E-state index is 8.73. The zero-order valence-electron chi connectivity index (χ0n) is 8.09. The Morgan fingerprint density at radius 3 is 2.08 bits per heavy atom. The number of rotatable bonds is 2. The van der Waals surface area contributed by atoms with Crippen LogP contribution in [0.4, 0.5) is 0 Å². The Hall–Kier alpha value is -0.162. The Morgan fingerprint density at radius 1 is 1.33 bits per heavy atom. The van der Waals surface area contributed by atoms with Crippen molar-refractivity contribution in [1.29, 1.82) is 0 Å².